The summed E-state index contributed by atoms with van der Waals surface area (Å²) >= 11 is 0. The van der Waals surface area contributed by atoms with Crippen LogP contribution >= 0.6 is 0 Å². The molecule has 0 heterocycles. The SMILES string of the molecule is CCCCCCCCC/C=C\CCCCCCCCCC(=O)OCCCCCCCCCCCCCCCCCCCCCCCCCCCC(=O)NC(CO)C(O)/C=C/CCCCCCCCCCC. The van der Waals surface area contributed by atoms with Gasteiger partial charge in [-0.2, -0.15) is 0 Å². The predicted octanol–water partition coefficient (Wildman–Crippen LogP) is 20.2. The molecule has 0 saturated heterocycles. The largest absolute Gasteiger partial charge is 0.466 e. The Morgan fingerprint density at radius 3 is 1.00 bits per heavy atom. The quantitative estimate of drug-likeness (QED) is 0.0320. The second kappa shape index (κ2) is 60.9. The third-order valence-corrected chi connectivity index (χ3v) is 15.0. The Labute approximate surface area is 443 Å². The maximum atomic E-state index is 12.4. The minimum Gasteiger partial charge on any atom is -0.466 e. The van der Waals surface area contributed by atoms with Crippen LogP contribution in [0.3, 0.4) is 0 Å². The number of carbonyl (C=O) groups is 2. The Morgan fingerprint density at radius 2 is 0.662 bits per heavy atom. The molecule has 71 heavy (non-hydrogen) atoms. The van der Waals surface area contributed by atoms with Crippen molar-refractivity contribution in [2.45, 2.75) is 366 Å². The minimum atomic E-state index is -0.841. The number of hydrogen-bond acceptors (Lipinski definition) is 5. The van der Waals surface area contributed by atoms with Crippen LogP contribution in [0.2, 0.25) is 0 Å². The number of carbonyl (C=O) groups excluding carboxylic acids is 2. The number of allylic oxidation sites excluding steroid dienone is 3. The Hall–Kier alpha value is -1.66. The van der Waals surface area contributed by atoms with E-state index in [1.807, 2.05) is 6.08 Å². The molecule has 0 aliphatic carbocycles. The van der Waals surface area contributed by atoms with E-state index in [0.29, 0.717) is 19.4 Å². The molecule has 0 aromatic heterocycles. The van der Waals surface area contributed by atoms with Gasteiger partial charge in [0.2, 0.25) is 5.91 Å². The van der Waals surface area contributed by atoms with Gasteiger partial charge in [0.15, 0.2) is 0 Å². The van der Waals surface area contributed by atoms with Crippen molar-refractivity contribution in [1.29, 1.82) is 0 Å². The van der Waals surface area contributed by atoms with Crippen LogP contribution in [-0.2, 0) is 14.3 Å². The Balaban J connectivity index is 3.34. The maximum absolute atomic E-state index is 12.4. The molecular formula is C65H125NO5. The van der Waals surface area contributed by atoms with E-state index in [1.165, 1.54) is 283 Å². The highest BCUT2D eigenvalue weighted by Crippen LogP contribution is 2.18. The van der Waals surface area contributed by atoms with Gasteiger partial charge in [0.1, 0.15) is 0 Å². The fourth-order valence-corrected chi connectivity index (χ4v) is 10.0. The molecule has 6 nitrogen and oxygen atoms in total. The van der Waals surface area contributed by atoms with Crippen LogP contribution in [0.4, 0.5) is 0 Å². The molecular weight excluding hydrogens is 875 g/mol. The second-order valence-electron chi connectivity index (χ2n) is 22.1. The van der Waals surface area contributed by atoms with Gasteiger partial charge in [-0.25, -0.2) is 0 Å². The number of rotatable bonds is 60. The highest BCUT2D eigenvalue weighted by Gasteiger charge is 2.18. The van der Waals surface area contributed by atoms with Gasteiger partial charge in [0.25, 0.3) is 0 Å². The van der Waals surface area contributed by atoms with Gasteiger partial charge in [-0.15, -0.1) is 0 Å². The maximum Gasteiger partial charge on any atom is 0.305 e. The van der Waals surface area contributed by atoms with E-state index in [4.69, 9.17) is 4.74 Å². The van der Waals surface area contributed by atoms with Crippen molar-refractivity contribution >= 4 is 11.9 Å². The van der Waals surface area contributed by atoms with E-state index < -0.39 is 12.1 Å². The fourth-order valence-electron chi connectivity index (χ4n) is 10.0. The van der Waals surface area contributed by atoms with Crippen molar-refractivity contribution in [3.8, 4) is 0 Å². The molecule has 1 amide bonds. The van der Waals surface area contributed by atoms with Crippen LogP contribution in [0.15, 0.2) is 24.3 Å². The van der Waals surface area contributed by atoms with Gasteiger partial charge < -0.3 is 20.3 Å². The molecule has 0 spiro atoms. The number of unbranched alkanes of at least 4 members (excludes halogenated alkanes) is 47. The van der Waals surface area contributed by atoms with Crippen LogP contribution in [0.1, 0.15) is 354 Å². The number of aliphatic hydroxyl groups is 2. The number of aliphatic hydroxyl groups excluding tert-OH is 2. The molecule has 0 bridgehead atoms. The number of esters is 1. The first-order valence-corrected chi connectivity index (χ1v) is 32.1. The van der Waals surface area contributed by atoms with Crippen LogP contribution in [0.5, 0.6) is 0 Å². The Bertz CT molecular complexity index is 1110. The number of hydrogen-bond donors (Lipinski definition) is 3. The van der Waals surface area contributed by atoms with E-state index in [2.05, 4.69) is 31.3 Å². The molecule has 0 saturated carbocycles. The van der Waals surface area contributed by atoms with E-state index >= 15 is 0 Å². The molecule has 2 atom stereocenters. The lowest BCUT2D eigenvalue weighted by Crippen LogP contribution is -2.45. The summed E-state index contributed by atoms with van der Waals surface area (Å²) in [5.41, 5.74) is 0. The third-order valence-electron chi connectivity index (χ3n) is 15.0. The minimum absolute atomic E-state index is 0.0134. The van der Waals surface area contributed by atoms with Gasteiger partial charge in [0, 0.05) is 12.8 Å². The van der Waals surface area contributed by atoms with E-state index in [1.54, 1.807) is 6.08 Å². The zero-order valence-electron chi connectivity index (χ0n) is 48.0. The molecule has 0 aliphatic rings. The molecule has 2 unspecified atom stereocenters. The van der Waals surface area contributed by atoms with E-state index in [9.17, 15) is 19.8 Å². The number of nitrogens with one attached hydrogen (secondary N) is 1. The highest BCUT2D eigenvalue weighted by molar-refractivity contribution is 5.76. The summed E-state index contributed by atoms with van der Waals surface area (Å²) < 4.78 is 5.50. The second-order valence-corrected chi connectivity index (χ2v) is 22.1. The zero-order valence-corrected chi connectivity index (χ0v) is 48.0. The summed E-state index contributed by atoms with van der Waals surface area (Å²) in [6.07, 6.45) is 75.2. The summed E-state index contributed by atoms with van der Waals surface area (Å²) in [7, 11) is 0. The summed E-state index contributed by atoms with van der Waals surface area (Å²) in [6.45, 7) is 4.91. The Kier molecular flexibility index (Phi) is 59.5. The van der Waals surface area contributed by atoms with Crippen LogP contribution in [0, 0.1) is 0 Å². The average molecular weight is 1000 g/mol. The third kappa shape index (κ3) is 57.5. The molecule has 0 fully saturated rings. The lowest BCUT2D eigenvalue weighted by molar-refractivity contribution is -0.143. The lowest BCUT2D eigenvalue weighted by atomic mass is 10.0. The van der Waals surface area contributed by atoms with Gasteiger partial charge in [-0.1, -0.05) is 308 Å². The van der Waals surface area contributed by atoms with Crippen molar-refractivity contribution in [2.75, 3.05) is 13.2 Å². The molecule has 0 aromatic carbocycles. The average Bonchev–Trinajstić information content (AvgIpc) is 3.37. The standard InChI is InChI=1S/C65H125NO5/c1-3-5-7-9-11-13-15-16-17-18-29-32-35-39-43-47-51-55-59-65(70)71-60-56-52-48-44-40-36-33-30-27-25-23-21-19-20-22-24-26-28-31-34-38-42-46-50-54-58-64(69)66-62(61-67)63(68)57-53-49-45-41-37-14-12-10-8-6-4-2/h17-18,53,57,62-63,67-68H,3-16,19-52,54-56,58-61H2,1-2H3,(H,66,69)/b18-17-,57-53+. The summed E-state index contributed by atoms with van der Waals surface area (Å²) in [5, 5.41) is 23.0. The Morgan fingerprint density at radius 1 is 0.380 bits per heavy atom. The molecule has 6 heteroatoms. The topological polar surface area (TPSA) is 95.9 Å². The fraction of sp³-hybridized carbons (Fsp3) is 0.908. The van der Waals surface area contributed by atoms with Crippen LogP contribution in [0.25, 0.3) is 0 Å². The summed E-state index contributed by atoms with van der Waals surface area (Å²) in [4.78, 5) is 24.5. The number of amides is 1. The van der Waals surface area contributed by atoms with Crippen molar-refractivity contribution < 1.29 is 24.5 Å². The van der Waals surface area contributed by atoms with Gasteiger partial charge in [0.05, 0.1) is 25.4 Å². The molecule has 3 N–H and O–H groups in total. The lowest BCUT2D eigenvalue weighted by Gasteiger charge is -2.20. The van der Waals surface area contributed by atoms with Crippen molar-refractivity contribution in [3.05, 3.63) is 24.3 Å². The van der Waals surface area contributed by atoms with Crippen LogP contribution in [-0.4, -0.2) is 47.4 Å². The van der Waals surface area contributed by atoms with Gasteiger partial charge in [-0.3, -0.25) is 9.59 Å². The molecule has 0 rings (SSSR count). The first kappa shape index (κ1) is 69.3. The summed E-state index contributed by atoms with van der Waals surface area (Å²) in [5.74, 6) is -0.0530. The predicted molar refractivity (Wildman–Crippen MR) is 310 cm³/mol. The highest BCUT2D eigenvalue weighted by atomic mass is 16.5. The monoisotopic (exact) mass is 1000 g/mol. The van der Waals surface area contributed by atoms with Crippen molar-refractivity contribution in [3.63, 3.8) is 0 Å². The molecule has 0 aliphatic heterocycles. The van der Waals surface area contributed by atoms with Gasteiger partial charge >= 0.3 is 5.97 Å². The van der Waals surface area contributed by atoms with E-state index in [0.717, 1.165) is 44.9 Å². The summed E-state index contributed by atoms with van der Waals surface area (Å²) in [6, 6.07) is -0.625. The zero-order chi connectivity index (χ0) is 51.4. The first-order valence-electron chi connectivity index (χ1n) is 32.1. The molecule has 420 valence electrons. The van der Waals surface area contributed by atoms with E-state index in [-0.39, 0.29) is 18.5 Å². The smallest absolute Gasteiger partial charge is 0.305 e. The molecule has 0 aromatic rings. The van der Waals surface area contributed by atoms with Crippen molar-refractivity contribution in [2.24, 2.45) is 0 Å². The van der Waals surface area contributed by atoms with Gasteiger partial charge in [-0.05, 0) is 57.8 Å². The van der Waals surface area contributed by atoms with Crippen molar-refractivity contribution in [1.82, 2.24) is 5.32 Å². The normalized spacial score (nSPS) is 12.7. The first-order chi connectivity index (χ1) is 35.0. The molecule has 0 radical (unpaired) electrons. The number of ether oxygens (including phenoxy) is 1. The van der Waals surface area contributed by atoms with Crippen LogP contribution < -0.4 is 5.32 Å².